The number of halogens is 2. The number of hydrazine groups is 1. The first-order valence-corrected chi connectivity index (χ1v) is 6.20. The van der Waals surface area contributed by atoms with Crippen LogP contribution in [0.25, 0.3) is 0 Å². The minimum Gasteiger partial charge on any atom is -0.271 e. The molecule has 4 nitrogen and oxygen atoms in total. The number of benzene rings is 1. The van der Waals surface area contributed by atoms with E-state index in [1.165, 1.54) is 0 Å². The molecular formula is C12H14Cl2N4. The lowest BCUT2D eigenvalue weighted by atomic mass is 10.0. The van der Waals surface area contributed by atoms with Crippen molar-refractivity contribution in [3.8, 4) is 0 Å². The molecule has 0 bridgehead atoms. The van der Waals surface area contributed by atoms with Crippen molar-refractivity contribution in [1.82, 2.24) is 15.2 Å². The van der Waals surface area contributed by atoms with Crippen LogP contribution >= 0.6 is 23.2 Å². The first kappa shape index (κ1) is 13.4. The highest BCUT2D eigenvalue weighted by Crippen LogP contribution is 2.32. The van der Waals surface area contributed by atoms with Gasteiger partial charge in [-0.1, -0.05) is 41.4 Å². The third-order valence-corrected chi connectivity index (χ3v) is 3.72. The molecule has 1 atom stereocenters. The lowest BCUT2D eigenvalue weighted by molar-refractivity contribution is 0.575. The molecule has 1 aromatic carbocycles. The monoisotopic (exact) mass is 284 g/mol. The highest BCUT2D eigenvalue weighted by Gasteiger charge is 2.22. The van der Waals surface area contributed by atoms with Crippen LogP contribution in [0.5, 0.6) is 0 Å². The second kappa shape index (κ2) is 5.28. The number of aromatic nitrogens is 2. The summed E-state index contributed by atoms with van der Waals surface area (Å²) < 4.78 is 1.69. The molecule has 0 aliphatic rings. The standard InChI is InChI=1S/C12H14Cl2N4/c1-7-4-3-5-8(10(7)14)11(17-15)12-9(13)6-16-18(12)2/h3-6,11,17H,15H2,1-2H3. The van der Waals surface area contributed by atoms with Crippen LogP contribution in [0.3, 0.4) is 0 Å². The zero-order valence-electron chi connectivity index (χ0n) is 10.1. The molecule has 2 aromatic rings. The summed E-state index contributed by atoms with van der Waals surface area (Å²) >= 11 is 12.5. The van der Waals surface area contributed by atoms with Gasteiger partial charge in [-0.15, -0.1) is 0 Å². The maximum absolute atomic E-state index is 6.32. The molecule has 2 rings (SSSR count). The smallest absolute Gasteiger partial charge is 0.0907 e. The van der Waals surface area contributed by atoms with Crippen LogP contribution in [-0.2, 0) is 7.05 Å². The van der Waals surface area contributed by atoms with Gasteiger partial charge in [0, 0.05) is 12.1 Å². The minimum absolute atomic E-state index is 0.294. The van der Waals surface area contributed by atoms with Crippen molar-refractivity contribution in [2.75, 3.05) is 0 Å². The van der Waals surface area contributed by atoms with E-state index < -0.39 is 0 Å². The van der Waals surface area contributed by atoms with Gasteiger partial charge in [-0.05, 0) is 18.1 Å². The summed E-state index contributed by atoms with van der Waals surface area (Å²) in [6, 6.07) is 5.51. The van der Waals surface area contributed by atoms with Gasteiger partial charge in [0.25, 0.3) is 0 Å². The Labute approximate surface area is 116 Å². The van der Waals surface area contributed by atoms with Crippen molar-refractivity contribution in [2.45, 2.75) is 13.0 Å². The molecule has 1 heterocycles. The van der Waals surface area contributed by atoms with Crippen molar-refractivity contribution >= 4 is 23.2 Å². The molecule has 0 radical (unpaired) electrons. The van der Waals surface area contributed by atoms with Gasteiger partial charge in [-0.2, -0.15) is 5.10 Å². The third kappa shape index (κ3) is 2.24. The fourth-order valence-corrected chi connectivity index (χ4v) is 2.46. The highest BCUT2D eigenvalue weighted by atomic mass is 35.5. The maximum Gasteiger partial charge on any atom is 0.0907 e. The largest absolute Gasteiger partial charge is 0.271 e. The molecule has 0 aliphatic heterocycles. The van der Waals surface area contributed by atoms with Gasteiger partial charge in [-0.25, -0.2) is 5.43 Å². The number of nitrogens with zero attached hydrogens (tertiary/aromatic N) is 2. The van der Waals surface area contributed by atoms with Crippen LogP contribution in [0.4, 0.5) is 0 Å². The topological polar surface area (TPSA) is 55.9 Å². The van der Waals surface area contributed by atoms with Gasteiger partial charge in [0.1, 0.15) is 0 Å². The van der Waals surface area contributed by atoms with Crippen LogP contribution in [0.1, 0.15) is 22.9 Å². The van der Waals surface area contributed by atoms with E-state index in [9.17, 15) is 0 Å². The summed E-state index contributed by atoms with van der Waals surface area (Å²) in [5, 5.41) is 5.34. The Bertz CT molecular complexity index is 546. The number of hydrogen-bond donors (Lipinski definition) is 2. The Balaban J connectivity index is 2.56. The highest BCUT2D eigenvalue weighted by molar-refractivity contribution is 6.32. The lowest BCUT2D eigenvalue weighted by Crippen LogP contribution is -2.31. The van der Waals surface area contributed by atoms with Gasteiger partial charge < -0.3 is 0 Å². The van der Waals surface area contributed by atoms with Crippen molar-refractivity contribution in [2.24, 2.45) is 12.9 Å². The van der Waals surface area contributed by atoms with E-state index in [0.29, 0.717) is 10.0 Å². The zero-order chi connectivity index (χ0) is 13.3. The van der Waals surface area contributed by atoms with Crippen molar-refractivity contribution in [3.63, 3.8) is 0 Å². The van der Waals surface area contributed by atoms with Crippen LogP contribution in [0, 0.1) is 6.92 Å². The predicted octanol–water partition coefficient (Wildman–Crippen LogP) is 2.59. The predicted molar refractivity (Wildman–Crippen MR) is 73.6 cm³/mol. The van der Waals surface area contributed by atoms with Crippen LogP contribution in [0.2, 0.25) is 10.0 Å². The van der Waals surface area contributed by atoms with E-state index in [1.54, 1.807) is 10.9 Å². The van der Waals surface area contributed by atoms with Crippen LogP contribution in [-0.4, -0.2) is 9.78 Å². The van der Waals surface area contributed by atoms with E-state index in [2.05, 4.69) is 10.5 Å². The fraction of sp³-hybridized carbons (Fsp3) is 0.250. The Morgan fingerprint density at radius 2 is 2.11 bits per heavy atom. The van der Waals surface area contributed by atoms with Crippen LogP contribution < -0.4 is 11.3 Å². The number of nitrogens with two attached hydrogens (primary N) is 1. The molecule has 96 valence electrons. The molecule has 0 saturated heterocycles. The van der Waals surface area contributed by atoms with Gasteiger partial charge in [0.05, 0.1) is 23.0 Å². The molecule has 1 aromatic heterocycles. The Kier molecular flexibility index (Phi) is 3.92. The summed E-state index contributed by atoms with van der Waals surface area (Å²) in [5.74, 6) is 5.64. The fourth-order valence-electron chi connectivity index (χ4n) is 1.95. The molecule has 0 amide bonds. The summed E-state index contributed by atoms with van der Waals surface area (Å²) in [6.07, 6.45) is 1.59. The average Bonchev–Trinajstić information content (AvgIpc) is 2.67. The number of rotatable bonds is 3. The molecular weight excluding hydrogens is 271 g/mol. The quantitative estimate of drug-likeness (QED) is 0.673. The van der Waals surface area contributed by atoms with Gasteiger partial charge in [-0.3, -0.25) is 10.5 Å². The average molecular weight is 285 g/mol. The van der Waals surface area contributed by atoms with E-state index in [-0.39, 0.29) is 6.04 Å². The lowest BCUT2D eigenvalue weighted by Gasteiger charge is -2.19. The summed E-state index contributed by atoms with van der Waals surface area (Å²) in [6.45, 7) is 1.95. The van der Waals surface area contributed by atoms with Gasteiger partial charge in [0.15, 0.2) is 0 Å². The van der Waals surface area contributed by atoms with Gasteiger partial charge >= 0.3 is 0 Å². The molecule has 0 saturated carbocycles. The Morgan fingerprint density at radius 1 is 1.39 bits per heavy atom. The van der Waals surface area contributed by atoms with E-state index in [1.807, 2.05) is 32.2 Å². The van der Waals surface area contributed by atoms with E-state index in [0.717, 1.165) is 16.8 Å². The zero-order valence-corrected chi connectivity index (χ0v) is 11.6. The molecule has 18 heavy (non-hydrogen) atoms. The SMILES string of the molecule is Cc1cccc(C(NN)c2c(Cl)cnn2C)c1Cl. The normalized spacial score (nSPS) is 12.7. The molecule has 6 heteroatoms. The second-order valence-corrected chi connectivity index (χ2v) is 4.86. The van der Waals surface area contributed by atoms with Crippen molar-refractivity contribution in [1.29, 1.82) is 0 Å². The first-order chi connectivity index (χ1) is 8.56. The first-order valence-electron chi connectivity index (χ1n) is 5.44. The Hall–Kier alpha value is -1.07. The molecule has 0 aliphatic carbocycles. The van der Waals surface area contributed by atoms with E-state index >= 15 is 0 Å². The summed E-state index contributed by atoms with van der Waals surface area (Å²) in [7, 11) is 1.81. The Morgan fingerprint density at radius 3 is 2.67 bits per heavy atom. The molecule has 1 unspecified atom stereocenters. The molecule has 0 spiro atoms. The molecule has 3 N–H and O–H groups in total. The minimum atomic E-state index is -0.294. The van der Waals surface area contributed by atoms with Crippen molar-refractivity contribution in [3.05, 3.63) is 51.3 Å². The van der Waals surface area contributed by atoms with Gasteiger partial charge in [0.2, 0.25) is 0 Å². The van der Waals surface area contributed by atoms with E-state index in [4.69, 9.17) is 29.0 Å². The second-order valence-electron chi connectivity index (χ2n) is 4.08. The van der Waals surface area contributed by atoms with Crippen LogP contribution in [0.15, 0.2) is 24.4 Å². The molecule has 0 fully saturated rings. The summed E-state index contributed by atoms with van der Waals surface area (Å²) in [5.41, 5.74) is 5.40. The number of aryl methyl sites for hydroxylation is 2. The summed E-state index contributed by atoms with van der Waals surface area (Å²) in [4.78, 5) is 0. The third-order valence-electron chi connectivity index (χ3n) is 2.91. The number of hydrogen-bond acceptors (Lipinski definition) is 3. The number of nitrogens with one attached hydrogen (secondary N) is 1. The van der Waals surface area contributed by atoms with Crippen molar-refractivity contribution < 1.29 is 0 Å². The maximum atomic E-state index is 6.32.